The van der Waals surface area contributed by atoms with Crippen LogP contribution < -0.4 is 10.6 Å². The standard InChI is InChI=1S/C18H24F3N3O3/c1-27-10-9-24-7-5-13(6-8-24)12-22-16(25)17(26)23-15-4-2-3-14(11-15)18(19,20)21/h2-4,11,13H,5-10,12H2,1H3,(H,22,25)(H,23,26). The number of carbonyl (C=O) groups excluding carboxylic acids is 2. The number of carbonyl (C=O) groups is 2. The molecule has 2 N–H and O–H groups in total. The van der Waals surface area contributed by atoms with Crippen LogP contribution >= 0.6 is 0 Å². The molecule has 6 nitrogen and oxygen atoms in total. The molecule has 1 aliphatic heterocycles. The predicted octanol–water partition coefficient (Wildman–Crippen LogP) is 2.12. The number of benzene rings is 1. The van der Waals surface area contributed by atoms with Crippen LogP contribution in [0.3, 0.4) is 0 Å². The molecule has 0 bridgehead atoms. The van der Waals surface area contributed by atoms with Gasteiger partial charge in [-0.3, -0.25) is 9.59 Å². The Morgan fingerprint density at radius 3 is 2.56 bits per heavy atom. The highest BCUT2D eigenvalue weighted by atomic mass is 19.4. The van der Waals surface area contributed by atoms with E-state index in [1.54, 1.807) is 7.11 Å². The molecule has 0 radical (unpaired) electrons. The van der Waals surface area contributed by atoms with Crippen LogP contribution in [0.2, 0.25) is 0 Å². The maximum absolute atomic E-state index is 12.7. The number of methoxy groups -OCH3 is 1. The van der Waals surface area contributed by atoms with E-state index in [2.05, 4.69) is 15.5 Å². The molecule has 1 aliphatic rings. The van der Waals surface area contributed by atoms with Gasteiger partial charge >= 0.3 is 18.0 Å². The van der Waals surface area contributed by atoms with E-state index in [9.17, 15) is 22.8 Å². The van der Waals surface area contributed by atoms with Crippen molar-refractivity contribution in [1.29, 1.82) is 0 Å². The third-order valence-corrected chi connectivity index (χ3v) is 4.52. The lowest BCUT2D eigenvalue weighted by atomic mass is 9.97. The highest BCUT2D eigenvalue weighted by Crippen LogP contribution is 2.30. The first kappa shape index (κ1) is 21.2. The number of amides is 2. The molecule has 0 aliphatic carbocycles. The van der Waals surface area contributed by atoms with Gasteiger partial charge in [0.25, 0.3) is 0 Å². The number of alkyl halides is 3. The number of hydrogen-bond donors (Lipinski definition) is 2. The largest absolute Gasteiger partial charge is 0.416 e. The van der Waals surface area contributed by atoms with Crippen LogP contribution in [0.25, 0.3) is 0 Å². The molecule has 2 amide bonds. The smallest absolute Gasteiger partial charge is 0.383 e. The topological polar surface area (TPSA) is 70.7 Å². The van der Waals surface area contributed by atoms with Gasteiger partial charge in [0.2, 0.25) is 0 Å². The van der Waals surface area contributed by atoms with Gasteiger partial charge in [-0.25, -0.2) is 0 Å². The highest BCUT2D eigenvalue weighted by Gasteiger charge is 2.30. The maximum atomic E-state index is 12.7. The molecule has 150 valence electrons. The Morgan fingerprint density at radius 1 is 1.22 bits per heavy atom. The molecule has 1 aromatic rings. The van der Waals surface area contributed by atoms with Crippen LogP contribution in [0.15, 0.2) is 24.3 Å². The first-order valence-electron chi connectivity index (χ1n) is 8.77. The number of ether oxygens (including phenoxy) is 1. The van der Waals surface area contributed by atoms with Crippen molar-refractivity contribution in [3.8, 4) is 0 Å². The van der Waals surface area contributed by atoms with Gasteiger partial charge in [-0.15, -0.1) is 0 Å². The van der Waals surface area contributed by atoms with Crippen molar-refractivity contribution in [2.75, 3.05) is 45.2 Å². The van der Waals surface area contributed by atoms with Crippen LogP contribution in [0.1, 0.15) is 18.4 Å². The molecule has 1 saturated heterocycles. The summed E-state index contributed by atoms with van der Waals surface area (Å²) in [6, 6.07) is 4.17. The van der Waals surface area contributed by atoms with Crippen molar-refractivity contribution in [2.45, 2.75) is 19.0 Å². The van der Waals surface area contributed by atoms with Gasteiger partial charge in [0.05, 0.1) is 12.2 Å². The molecule has 0 atom stereocenters. The molecule has 27 heavy (non-hydrogen) atoms. The molecule has 0 saturated carbocycles. The van der Waals surface area contributed by atoms with E-state index in [0.29, 0.717) is 13.2 Å². The molecule has 0 unspecified atom stereocenters. The van der Waals surface area contributed by atoms with Crippen LogP contribution in [0, 0.1) is 5.92 Å². The first-order chi connectivity index (χ1) is 12.8. The van der Waals surface area contributed by atoms with Crippen LogP contribution in [0.4, 0.5) is 18.9 Å². The SMILES string of the molecule is COCCN1CCC(CNC(=O)C(=O)Nc2cccc(C(F)(F)F)c2)CC1. The number of hydrogen-bond acceptors (Lipinski definition) is 4. The quantitative estimate of drug-likeness (QED) is 0.734. The number of rotatable bonds is 6. The maximum Gasteiger partial charge on any atom is 0.416 e. The normalized spacial score (nSPS) is 16.1. The predicted molar refractivity (Wildman–Crippen MR) is 94.1 cm³/mol. The Labute approximate surface area is 156 Å². The summed E-state index contributed by atoms with van der Waals surface area (Å²) in [6.45, 7) is 3.72. The third kappa shape index (κ3) is 6.84. The van der Waals surface area contributed by atoms with Crippen LogP contribution in [0.5, 0.6) is 0 Å². The summed E-state index contributed by atoms with van der Waals surface area (Å²) in [5.41, 5.74) is -0.961. The molecular weight excluding hydrogens is 363 g/mol. The van der Waals surface area contributed by atoms with E-state index in [1.807, 2.05) is 0 Å². The monoisotopic (exact) mass is 387 g/mol. The average Bonchev–Trinajstić information content (AvgIpc) is 2.64. The number of nitrogens with one attached hydrogen (secondary N) is 2. The van der Waals surface area contributed by atoms with Crippen molar-refractivity contribution in [1.82, 2.24) is 10.2 Å². The van der Waals surface area contributed by atoms with E-state index in [4.69, 9.17) is 4.74 Å². The van der Waals surface area contributed by atoms with Gasteiger partial charge in [-0.1, -0.05) is 6.07 Å². The Balaban J connectivity index is 1.76. The minimum atomic E-state index is -4.51. The lowest BCUT2D eigenvalue weighted by molar-refractivity contribution is -0.137. The van der Waals surface area contributed by atoms with Gasteiger partial charge in [-0.2, -0.15) is 13.2 Å². The summed E-state index contributed by atoms with van der Waals surface area (Å²) in [7, 11) is 1.66. The summed E-state index contributed by atoms with van der Waals surface area (Å²) >= 11 is 0. The third-order valence-electron chi connectivity index (χ3n) is 4.52. The molecule has 1 heterocycles. The summed E-state index contributed by atoms with van der Waals surface area (Å²) < 4.78 is 43.1. The second-order valence-corrected chi connectivity index (χ2v) is 6.52. The molecule has 0 spiro atoms. The Hall–Kier alpha value is -2.13. The fourth-order valence-electron chi connectivity index (χ4n) is 2.91. The van der Waals surface area contributed by atoms with E-state index in [0.717, 1.165) is 44.6 Å². The average molecular weight is 387 g/mol. The van der Waals surface area contributed by atoms with Crippen molar-refractivity contribution < 1.29 is 27.5 Å². The lowest BCUT2D eigenvalue weighted by Crippen LogP contribution is -2.42. The summed E-state index contributed by atoms with van der Waals surface area (Å²) in [5, 5.41) is 4.76. The van der Waals surface area contributed by atoms with Gasteiger partial charge in [-0.05, 0) is 50.0 Å². The van der Waals surface area contributed by atoms with Crippen molar-refractivity contribution in [2.24, 2.45) is 5.92 Å². The number of likely N-dealkylation sites (tertiary alicyclic amines) is 1. The fourth-order valence-corrected chi connectivity index (χ4v) is 2.91. The molecule has 1 aromatic carbocycles. The molecule has 2 rings (SSSR count). The van der Waals surface area contributed by atoms with E-state index < -0.39 is 23.6 Å². The van der Waals surface area contributed by atoms with Crippen molar-refractivity contribution in [3.63, 3.8) is 0 Å². The second-order valence-electron chi connectivity index (χ2n) is 6.52. The van der Waals surface area contributed by atoms with Crippen molar-refractivity contribution >= 4 is 17.5 Å². The van der Waals surface area contributed by atoms with Gasteiger partial charge < -0.3 is 20.3 Å². The highest BCUT2D eigenvalue weighted by molar-refractivity contribution is 6.39. The van der Waals surface area contributed by atoms with E-state index >= 15 is 0 Å². The Kier molecular flexibility index (Phi) is 7.61. The van der Waals surface area contributed by atoms with Gasteiger partial charge in [0.15, 0.2) is 0 Å². The zero-order chi connectivity index (χ0) is 19.9. The van der Waals surface area contributed by atoms with Crippen molar-refractivity contribution in [3.05, 3.63) is 29.8 Å². The minimum Gasteiger partial charge on any atom is -0.383 e. The number of nitrogens with zero attached hydrogens (tertiary/aromatic N) is 1. The number of halogens is 3. The zero-order valence-corrected chi connectivity index (χ0v) is 15.1. The Bertz CT molecular complexity index is 644. The molecule has 0 aromatic heterocycles. The zero-order valence-electron chi connectivity index (χ0n) is 15.1. The number of piperidine rings is 1. The summed E-state index contributed by atoms with van der Waals surface area (Å²) in [6.07, 6.45) is -2.71. The molecule has 9 heteroatoms. The van der Waals surface area contributed by atoms with E-state index in [1.165, 1.54) is 12.1 Å². The van der Waals surface area contributed by atoms with Gasteiger partial charge in [0, 0.05) is 25.9 Å². The fraction of sp³-hybridized carbons (Fsp3) is 0.556. The summed E-state index contributed by atoms with van der Waals surface area (Å²) in [5.74, 6) is -1.56. The summed E-state index contributed by atoms with van der Waals surface area (Å²) in [4.78, 5) is 26.1. The first-order valence-corrected chi connectivity index (χ1v) is 8.77. The second kappa shape index (κ2) is 9.70. The number of anilines is 1. The van der Waals surface area contributed by atoms with E-state index in [-0.39, 0.29) is 11.6 Å². The van der Waals surface area contributed by atoms with Crippen LogP contribution in [-0.4, -0.2) is 56.6 Å². The minimum absolute atomic E-state index is 0.0728. The van der Waals surface area contributed by atoms with Gasteiger partial charge in [0.1, 0.15) is 0 Å². The molecule has 1 fully saturated rings. The molecular formula is C18H24F3N3O3. The van der Waals surface area contributed by atoms with Crippen LogP contribution in [-0.2, 0) is 20.5 Å². The Morgan fingerprint density at radius 2 is 1.93 bits per heavy atom. The lowest BCUT2D eigenvalue weighted by Gasteiger charge is -2.31.